The molecule has 0 aliphatic carbocycles. The summed E-state index contributed by atoms with van der Waals surface area (Å²) in [6, 6.07) is 9.29. The van der Waals surface area contributed by atoms with Crippen molar-refractivity contribution in [2.45, 2.75) is 233 Å². The first kappa shape index (κ1) is 58.5. The number of thiophene rings is 7. The highest BCUT2D eigenvalue weighted by Gasteiger charge is 2.26. The maximum absolute atomic E-state index is 5.72. The van der Waals surface area contributed by atoms with Crippen molar-refractivity contribution in [3.63, 3.8) is 0 Å². The zero-order chi connectivity index (χ0) is 52.2. The van der Waals surface area contributed by atoms with Crippen LogP contribution in [0.1, 0.15) is 234 Å². The van der Waals surface area contributed by atoms with Crippen molar-refractivity contribution < 1.29 is 9.47 Å². The summed E-state index contributed by atoms with van der Waals surface area (Å²) in [5.74, 6) is 1.03. The van der Waals surface area contributed by atoms with E-state index in [1.807, 2.05) is 47.0 Å². The van der Waals surface area contributed by atoms with Gasteiger partial charge in [0.15, 0.2) is 0 Å². The monoisotopic (exact) mass is 1140 g/mol. The summed E-state index contributed by atoms with van der Waals surface area (Å²) in [6.45, 7) is 8.83. The van der Waals surface area contributed by atoms with E-state index in [-0.39, 0.29) is 0 Å². The van der Waals surface area contributed by atoms with Gasteiger partial charge in [-0.2, -0.15) is 0 Å². The highest BCUT2D eigenvalue weighted by molar-refractivity contribution is 7.49. The molecule has 408 valence electrons. The van der Waals surface area contributed by atoms with Gasteiger partial charge in [-0.3, -0.25) is 0 Å². The molecule has 0 N–H and O–H groups in total. The quantitative estimate of drug-likeness (QED) is 0.0364. The van der Waals surface area contributed by atoms with Gasteiger partial charge in [0.25, 0.3) is 0 Å². The predicted octanol–water partition coefficient (Wildman–Crippen LogP) is 22.6. The minimum Gasteiger partial charge on any atom is -0.479 e. The van der Waals surface area contributed by atoms with Crippen molar-refractivity contribution >= 4 is 129 Å². The molecule has 0 aliphatic rings. The second-order valence-corrected chi connectivity index (χ2v) is 28.7. The second kappa shape index (κ2) is 31.2. The first-order valence-corrected chi connectivity index (χ1v) is 35.3. The van der Waals surface area contributed by atoms with Crippen LogP contribution in [0.2, 0.25) is 0 Å². The van der Waals surface area contributed by atoms with Crippen LogP contribution in [0.4, 0.5) is 0 Å². The van der Waals surface area contributed by atoms with Gasteiger partial charge in [-0.25, -0.2) is 9.97 Å². The first-order valence-electron chi connectivity index (χ1n) is 29.6. The number of unbranched alkanes of at least 4 members (excludes halogenated alkanes) is 28. The SMILES string of the molecule is C/C=c1\nc(OC)/c(=C/c2ccc(-c3sc4c(sc5c4sc4c6sc(-c7ccc(C)s7)c(CCCCCCCCCCCCCCCCC)c6sc45)c3CCCCCCCCCCCCCCCCC)s2)nc1OC. The zero-order valence-corrected chi connectivity index (χ0v) is 52.4. The van der Waals surface area contributed by atoms with Gasteiger partial charge < -0.3 is 9.47 Å². The highest BCUT2D eigenvalue weighted by atomic mass is 32.1. The number of aryl methyl sites for hydroxylation is 3. The van der Waals surface area contributed by atoms with Crippen LogP contribution in [-0.2, 0) is 12.8 Å². The smallest absolute Gasteiger partial charge is 0.240 e. The fraction of sp³-hybridized carbons (Fsp3) is 0.594. The molecule has 0 saturated carbocycles. The van der Waals surface area contributed by atoms with Gasteiger partial charge in [-0.05, 0) is 81.0 Å². The van der Waals surface area contributed by atoms with E-state index in [1.54, 1.807) is 44.3 Å². The number of hydrogen-bond donors (Lipinski definition) is 0. The lowest BCUT2D eigenvalue weighted by molar-refractivity contribution is 0.365. The molecule has 0 saturated heterocycles. The van der Waals surface area contributed by atoms with Crippen LogP contribution in [-0.4, -0.2) is 24.2 Å². The molecular weight excluding hydrogens is 1050 g/mol. The third kappa shape index (κ3) is 15.8. The molecule has 0 spiro atoms. The van der Waals surface area contributed by atoms with E-state index in [4.69, 9.17) is 19.4 Å². The number of methoxy groups -OCH3 is 2. The summed E-state index contributed by atoms with van der Waals surface area (Å²) in [4.78, 5) is 17.9. The maximum atomic E-state index is 5.72. The van der Waals surface area contributed by atoms with E-state index in [0.717, 1.165) is 11.3 Å². The van der Waals surface area contributed by atoms with Crippen molar-refractivity contribution in [1.29, 1.82) is 0 Å². The second-order valence-electron chi connectivity index (χ2n) is 21.2. The Balaban J connectivity index is 0.973. The molecule has 8 heterocycles. The van der Waals surface area contributed by atoms with E-state index in [9.17, 15) is 0 Å². The molecular formula is C64H88N2O2S7. The van der Waals surface area contributed by atoms with Gasteiger partial charge in [0.05, 0.1) is 51.8 Å². The lowest BCUT2D eigenvalue weighted by atomic mass is 10.0. The predicted molar refractivity (Wildman–Crippen MR) is 343 cm³/mol. The Hall–Kier alpha value is -2.64. The topological polar surface area (TPSA) is 44.2 Å². The van der Waals surface area contributed by atoms with Crippen LogP contribution in [0.5, 0.6) is 11.8 Å². The Morgan fingerprint density at radius 1 is 0.387 bits per heavy atom. The largest absolute Gasteiger partial charge is 0.479 e. The van der Waals surface area contributed by atoms with Gasteiger partial charge in [-0.1, -0.05) is 200 Å². The van der Waals surface area contributed by atoms with Crippen LogP contribution in [0.3, 0.4) is 0 Å². The summed E-state index contributed by atoms with van der Waals surface area (Å²) < 4.78 is 23.6. The Labute approximate surface area is 479 Å². The molecule has 8 aromatic heterocycles. The number of ether oxygens (including phenoxy) is 2. The number of rotatable bonds is 37. The molecule has 0 amide bonds. The average molecular weight is 1140 g/mol. The number of nitrogens with zero attached hydrogens (tertiary/aromatic N) is 2. The van der Waals surface area contributed by atoms with E-state index < -0.39 is 0 Å². The molecule has 0 radical (unpaired) electrons. The summed E-state index contributed by atoms with van der Waals surface area (Å²) in [6.07, 6.45) is 48.3. The van der Waals surface area contributed by atoms with E-state index in [1.165, 1.54) is 242 Å². The number of hydrogen-bond acceptors (Lipinski definition) is 11. The zero-order valence-electron chi connectivity index (χ0n) is 46.7. The van der Waals surface area contributed by atoms with Crippen molar-refractivity contribution in [2.24, 2.45) is 0 Å². The molecule has 8 rings (SSSR count). The minimum absolute atomic E-state index is 0.513. The van der Waals surface area contributed by atoms with Crippen LogP contribution in [0.25, 0.3) is 69.3 Å². The van der Waals surface area contributed by atoms with Gasteiger partial charge in [0.1, 0.15) is 10.7 Å². The molecule has 4 nitrogen and oxygen atoms in total. The number of aromatic nitrogens is 2. The van der Waals surface area contributed by atoms with Gasteiger partial charge in [0.2, 0.25) is 11.8 Å². The molecule has 0 unspecified atom stereocenters. The highest BCUT2D eigenvalue weighted by Crippen LogP contribution is 2.58. The van der Waals surface area contributed by atoms with Gasteiger partial charge in [0, 0.05) is 29.3 Å². The molecule has 75 heavy (non-hydrogen) atoms. The molecule has 0 fully saturated rings. The molecule has 0 bridgehead atoms. The van der Waals surface area contributed by atoms with Crippen molar-refractivity contribution in [3.8, 4) is 31.3 Å². The Bertz CT molecular complexity index is 3080. The Kier molecular flexibility index (Phi) is 24.4. The minimum atomic E-state index is 0.513. The average Bonchev–Trinajstić information content (AvgIpc) is 4.35. The molecule has 11 heteroatoms. The number of fused-ring (bicyclic) bond motifs is 7. The molecule has 0 atom stereocenters. The van der Waals surface area contributed by atoms with Crippen molar-refractivity contribution in [3.05, 3.63) is 55.8 Å². The summed E-state index contributed by atoms with van der Waals surface area (Å²) in [5.41, 5.74) is 3.21. The van der Waals surface area contributed by atoms with E-state index >= 15 is 0 Å². The third-order valence-electron chi connectivity index (χ3n) is 15.3. The molecule has 0 aliphatic heterocycles. The van der Waals surface area contributed by atoms with E-state index in [0.29, 0.717) is 22.5 Å². The maximum Gasteiger partial charge on any atom is 0.240 e. The fourth-order valence-corrected chi connectivity index (χ4v) is 20.9. The Morgan fingerprint density at radius 3 is 1.12 bits per heavy atom. The van der Waals surface area contributed by atoms with Crippen molar-refractivity contribution in [1.82, 2.24) is 9.97 Å². The first-order chi connectivity index (χ1) is 37.0. The molecule has 0 aromatic carbocycles. The Morgan fingerprint density at radius 2 is 0.733 bits per heavy atom. The van der Waals surface area contributed by atoms with Crippen LogP contribution >= 0.6 is 79.4 Å². The van der Waals surface area contributed by atoms with Crippen molar-refractivity contribution in [2.75, 3.05) is 14.2 Å². The van der Waals surface area contributed by atoms with E-state index in [2.05, 4.69) is 96.5 Å². The van der Waals surface area contributed by atoms with Gasteiger partial charge >= 0.3 is 0 Å². The van der Waals surface area contributed by atoms with Crippen LogP contribution < -0.4 is 20.2 Å². The molecule has 8 aromatic rings. The third-order valence-corrected chi connectivity index (χ3v) is 24.8. The van der Waals surface area contributed by atoms with Gasteiger partial charge in [-0.15, -0.1) is 79.4 Å². The fourth-order valence-electron chi connectivity index (χ4n) is 11.0. The summed E-state index contributed by atoms with van der Waals surface area (Å²) in [7, 11) is 3.32. The standard InChI is InChI=1S/C64H88N2O2S7/c1-7-10-12-14-16-18-20-22-24-26-28-30-32-34-36-38-47-53(51-42-40-45(4)69-51)71-57-55(47)73-61-59(57)75-60-58-56(74-62(60)61)48(39-37-35-33-31-29-27-25-23-21-19-17-15-13-11-8-2)54(72-58)52-43-41-46(70-52)44-50-64(68-6)65-49(9-3)63(66-50)67-5/h9,40-44H,7-8,10-39H2,1-6H3/b49-9-,50-44-. The summed E-state index contributed by atoms with van der Waals surface area (Å²) in [5, 5.41) is 1.38. The lowest BCUT2D eigenvalue weighted by Crippen LogP contribution is -2.23. The summed E-state index contributed by atoms with van der Waals surface area (Å²) >= 11 is 14.3. The van der Waals surface area contributed by atoms with Crippen LogP contribution in [0, 0.1) is 6.92 Å². The van der Waals surface area contributed by atoms with Crippen LogP contribution in [0.15, 0.2) is 24.3 Å². The lowest BCUT2D eigenvalue weighted by Gasteiger charge is -2.05. The normalized spacial score (nSPS) is 12.7.